The highest BCUT2D eigenvalue weighted by Gasteiger charge is 2.56. The Bertz CT molecular complexity index is 1120. The van der Waals surface area contributed by atoms with Crippen molar-refractivity contribution in [1.29, 1.82) is 0 Å². The van der Waals surface area contributed by atoms with Crippen molar-refractivity contribution in [2.45, 2.75) is 52.4 Å². The number of phenols is 3. The molecular formula is C24H24B2O4. The Morgan fingerprint density at radius 3 is 1.87 bits per heavy atom. The molecule has 0 unspecified atom stereocenters. The number of carbonyl (C=O) groups excluding carboxylic acids is 1. The monoisotopic (exact) mass is 398 g/mol. The van der Waals surface area contributed by atoms with Crippen LogP contribution in [0.4, 0.5) is 0 Å². The van der Waals surface area contributed by atoms with Gasteiger partial charge >= 0.3 is 0 Å². The zero-order chi connectivity index (χ0) is 22.8. The first-order chi connectivity index (χ1) is 13.7. The maximum absolute atomic E-state index is 11.8. The molecule has 1 aliphatic carbocycles. The lowest BCUT2D eigenvalue weighted by Gasteiger charge is -2.44. The van der Waals surface area contributed by atoms with E-state index in [0.29, 0.717) is 11.1 Å². The Balaban J connectivity index is 2.26. The van der Waals surface area contributed by atoms with Crippen LogP contribution in [0.15, 0.2) is 12.1 Å². The first kappa shape index (κ1) is 21.9. The van der Waals surface area contributed by atoms with Gasteiger partial charge in [-0.15, -0.1) is 0 Å². The summed E-state index contributed by atoms with van der Waals surface area (Å²) >= 11 is 0. The van der Waals surface area contributed by atoms with Crippen LogP contribution in [0.1, 0.15) is 74.2 Å². The van der Waals surface area contributed by atoms with Crippen LogP contribution in [0.25, 0.3) is 0 Å². The normalized spacial score (nSPS) is 17.7. The third kappa shape index (κ3) is 2.68. The third-order valence-corrected chi connectivity index (χ3v) is 7.61. The fourth-order valence-corrected chi connectivity index (χ4v) is 4.32. The topological polar surface area (TPSA) is 77.8 Å². The van der Waals surface area contributed by atoms with Crippen LogP contribution in [-0.4, -0.2) is 37.3 Å². The molecular weight excluding hydrogens is 374 g/mol. The summed E-state index contributed by atoms with van der Waals surface area (Å²) in [6, 6.07) is 3.79. The molecule has 0 saturated heterocycles. The van der Waals surface area contributed by atoms with Gasteiger partial charge in [0, 0.05) is 11.1 Å². The molecule has 3 rings (SSSR count). The van der Waals surface area contributed by atoms with Crippen molar-refractivity contribution in [1.82, 2.24) is 0 Å². The fraction of sp³-hybridized carbons (Fsp3) is 0.375. The Morgan fingerprint density at radius 1 is 0.800 bits per heavy atom. The summed E-state index contributed by atoms with van der Waals surface area (Å²) in [5, 5.41) is 30.0. The van der Waals surface area contributed by atoms with E-state index in [1.54, 1.807) is 0 Å². The van der Waals surface area contributed by atoms with Crippen molar-refractivity contribution < 1.29 is 20.1 Å². The Labute approximate surface area is 180 Å². The van der Waals surface area contributed by atoms with Gasteiger partial charge in [0.2, 0.25) is 0 Å². The van der Waals surface area contributed by atoms with Crippen LogP contribution in [0, 0.1) is 17.3 Å². The number of aromatic hydroxyl groups is 3. The minimum atomic E-state index is -0.694. The molecule has 4 radical (unpaired) electrons. The molecule has 2 aromatic rings. The van der Waals surface area contributed by atoms with Gasteiger partial charge in [-0.2, -0.15) is 0 Å². The van der Waals surface area contributed by atoms with Gasteiger partial charge < -0.3 is 15.3 Å². The van der Waals surface area contributed by atoms with E-state index < -0.39 is 22.7 Å². The largest absolute Gasteiger partial charge is 0.509 e. The molecule has 150 valence electrons. The number of hydrogen-bond donors (Lipinski definition) is 3. The molecule has 0 aliphatic heterocycles. The highest BCUT2D eigenvalue weighted by Crippen LogP contribution is 2.61. The average molecular weight is 398 g/mol. The summed E-state index contributed by atoms with van der Waals surface area (Å²) in [6.45, 7) is 13.2. The van der Waals surface area contributed by atoms with E-state index in [0.717, 1.165) is 17.4 Å². The number of fused-ring (bicyclic) bond motifs is 1. The van der Waals surface area contributed by atoms with Gasteiger partial charge in [0.05, 0.1) is 5.56 Å². The van der Waals surface area contributed by atoms with Gasteiger partial charge in [-0.25, -0.2) is 0 Å². The van der Waals surface area contributed by atoms with Gasteiger partial charge in [-0.1, -0.05) is 53.4 Å². The summed E-state index contributed by atoms with van der Waals surface area (Å²) in [5.74, 6) is 3.69. The number of benzene rings is 2. The van der Waals surface area contributed by atoms with Gasteiger partial charge in [-0.05, 0) is 50.4 Å². The van der Waals surface area contributed by atoms with Crippen LogP contribution in [0.3, 0.4) is 0 Å². The number of aldehydes is 1. The van der Waals surface area contributed by atoms with Crippen molar-refractivity contribution in [3.05, 3.63) is 39.9 Å². The zero-order valence-corrected chi connectivity index (χ0v) is 18.1. The number of hydrogen-bond acceptors (Lipinski definition) is 4. The summed E-state index contributed by atoms with van der Waals surface area (Å²) in [5.41, 5.74) is 1.87. The average Bonchev–Trinajstić information content (AvgIpc) is 2.78. The van der Waals surface area contributed by atoms with E-state index >= 15 is 0 Å². The van der Waals surface area contributed by atoms with Crippen molar-refractivity contribution in [2.24, 2.45) is 5.41 Å². The summed E-state index contributed by atoms with van der Waals surface area (Å²) < 4.78 is 0. The Hall–Kier alpha value is -2.80. The molecule has 0 fully saturated rings. The minimum Gasteiger partial charge on any atom is -0.509 e. The first-order valence-electron chi connectivity index (χ1n) is 9.68. The highest BCUT2D eigenvalue weighted by molar-refractivity contribution is 6.43. The number of carbonyl (C=O) groups is 1. The second kappa shape index (κ2) is 6.60. The van der Waals surface area contributed by atoms with Crippen molar-refractivity contribution in [3.63, 3.8) is 0 Å². The lowest BCUT2D eigenvalue weighted by atomic mass is 9.59. The van der Waals surface area contributed by atoms with E-state index in [4.69, 9.17) is 15.7 Å². The van der Waals surface area contributed by atoms with E-state index in [9.17, 15) is 20.1 Å². The van der Waals surface area contributed by atoms with Crippen LogP contribution in [0.2, 0.25) is 0 Å². The third-order valence-electron chi connectivity index (χ3n) is 7.61. The molecule has 2 aromatic carbocycles. The summed E-state index contributed by atoms with van der Waals surface area (Å²) in [4.78, 5) is 11.8. The Morgan fingerprint density at radius 2 is 1.33 bits per heavy atom. The van der Waals surface area contributed by atoms with Crippen LogP contribution in [0.5, 0.6) is 17.2 Å². The Kier molecular flexibility index (Phi) is 4.82. The van der Waals surface area contributed by atoms with Gasteiger partial charge in [0.1, 0.15) is 21.4 Å². The quantitative estimate of drug-likeness (QED) is 0.226. The molecule has 0 bridgehead atoms. The molecule has 0 saturated carbocycles. The van der Waals surface area contributed by atoms with Crippen molar-refractivity contribution >= 4 is 32.9 Å². The van der Waals surface area contributed by atoms with E-state index in [-0.39, 0.29) is 27.3 Å². The molecule has 0 heterocycles. The van der Waals surface area contributed by atoms with Crippen molar-refractivity contribution in [2.75, 3.05) is 0 Å². The molecule has 3 N–H and O–H groups in total. The van der Waals surface area contributed by atoms with Crippen LogP contribution in [-0.2, 0) is 10.8 Å². The molecule has 0 spiro atoms. The first-order valence-corrected chi connectivity index (χ1v) is 9.68. The second-order valence-corrected chi connectivity index (χ2v) is 9.48. The predicted molar refractivity (Wildman–Crippen MR) is 120 cm³/mol. The van der Waals surface area contributed by atoms with Gasteiger partial charge in [0.15, 0.2) is 17.8 Å². The standard InChI is InChI=1S/C24H24B2O4/c1-22(2)15-9-12(13(11-27)10-16(15)23(3,4)24(22,5)6)7-8-14-17(25)20(29)18(26)21(30)19(14)28/h9-11,28-30H,1-6H3. The lowest BCUT2D eigenvalue weighted by Crippen LogP contribution is -2.42. The molecule has 0 aromatic heterocycles. The highest BCUT2D eigenvalue weighted by atomic mass is 16.3. The molecule has 0 atom stereocenters. The van der Waals surface area contributed by atoms with Gasteiger partial charge in [0.25, 0.3) is 0 Å². The number of rotatable bonds is 1. The maximum Gasteiger partial charge on any atom is 0.172 e. The molecule has 1 aliphatic rings. The van der Waals surface area contributed by atoms with Crippen molar-refractivity contribution in [3.8, 4) is 29.1 Å². The molecule has 30 heavy (non-hydrogen) atoms. The second-order valence-electron chi connectivity index (χ2n) is 9.48. The number of phenolic OH excluding ortho intramolecular Hbond substituents is 3. The molecule has 0 amide bonds. The molecule has 6 heteroatoms. The summed E-state index contributed by atoms with van der Waals surface area (Å²) in [6.07, 6.45) is 0.750. The zero-order valence-electron chi connectivity index (χ0n) is 18.1. The lowest BCUT2D eigenvalue weighted by molar-refractivity contribution is 0.112. The maximum atomic E-state index is 11.8. The SMILES string of the molecule is [B]c1c(O)c([B])c(C#Cc2cc3c(cc2C=O)C(C)(C)C(C)(C)C3(C)C)c(O)c1O. The van der Waals surface area contributed by atoms with E-state index in [1.807, 2.05) is 12.1 Å². The fourth-order valence-electron chi connectivity index (χ4n) is 4.32. The van der Waals surface area contributed by atoms with E-state index in [1.165, 1.54) is 0 Å². The summed E-state index contributed by atoms with van der Waals surface area (Å²) in [7, 11) is 11.3. The van der Waals surface area contributed by atoms with Crippen LogP contribution >= 0.6 is 0 Å². The molecule has 4 nitrogen and oxygen atoms in total. The van der Waals surface area contributed by atoms with E-state index in [2.05, 4.69) is 53.4 Å². The minimum absolute atomic E-state index is 0.0776. The predicted octanol–water partition coefficient (Wildman–Crippen LogP) is 2.20. The van der Waals surface area contributed by atoms with Crippen LogP contribution < -0.4 is 10.9 Å². The van der Waals surface area contributed by atoms with Gasteiger partial charge in [-0.3, -0.25) is 4.79 Å². The smallest absolute Gasteiger partial charge is 0.172 e.